The quantitative estimate of drug-likeness (QED) is 0.333. The number of halogens is 2. The summed E-state index contributed by atoms with van der Waals surface area (Å²) in [6.07, 6.45) is -0.0600. The number of hydrogen-bond acceptors (Lipinski definition) is 3. The molecule has 0 atom stereocenters. The summed E-state index contributed by atoms with van der Waals surface area (Å²) in [5.41, 5.74) is 5.50. The smallest absolute Gasteiger partial charge is 0.173 e. The molecule has 0 bridgehead atoms. The minimum atomic E-state index is -0.832. The molecule has 30 heavy (non-hydrogen) atoms. The Kier molecular flexibility index (Phi) is 5.55. The highest BCUT2D eigenvalue weighted by Crippen LogP contribution is 2.31. The van der Waals surface area contributed by atoms with Crippen molar-refractivity contribution in [2.45, 2.75) is 20.3 Å². The normalized spacial score (nSPS) is 10.9. The summed E-state index contributed by atoms with van der Waals surface area (Å²) < 4.78 is 27.7. The highest BCUT2D eigenvalue weighted by Gasteiger charge is 2.17. The summed E-state index contributed by atoms with van der Waals surface area (Å²) in [6.45, 7) is 4.02. The van der Waals surface area contributed by atoms with Gasteiger partial charge in [0.25, 0.3) is 0 Å². The predicted octanol–water partition coefficient (Wildman–Crippen LogP) is 6.80. The van der Waals surface area contributed by atoms with E-state index >= 15 is 0 Å². The van der Waals surface area contributed by atoms with Gasteiger partial charge in [0.2, 0.25) is 0 Å². The molecule has 0 aliphatic carbocycles. The SMILES string of the molecule is Cc1csc(-c2ccc(C)c(-c3ccc(CC(=O)c4c(F)cccc4F)cc3)c2)n1. The van der Waals surface area contributed by atoms with Crippen LogP contribution in [0.4, 0.5) is 8.78 Å². The van der Waals surface area contributed by atoms with Gasteiger partial charge in [-0.1, -0.05) is 42.5 Å². The second-order valence-corrected chi connectivity index (χ2v) is 8.08. The topological polar surface area (TPSA) is 30.0 Å². The minimum Gasteiger partial charge on any atom is -0.294 e. The minimum absolute atomic E-state index is 0.0600. The van der Waals surface area contributed by atoms with E-state index in [1.807, 2.05) is 43.5 Å². The highest BCUT2D eigenvalue weighted by atomic mass is 32.1. The maximum Gasteiger partial charge on any atom is 0.173 e. The predicted molar refractivity (Wildman–Crippen MR) is 117 cm³/mol. The molecule has 3 aromatic carbocycles. The second-order valence-electron chi connectivity index (χ2n) is 7.22. The summed E-state index contributed by atoms with van der Waals surface area (Å²) in [4.78, 5) is 16.9. The maximum atomic E-state index is 13.8. The van der Waals surface area contributed by atoms with Gasteiger partial charge in [-0.15, -0.1) is 11.3 Å². The van der Waals surface area contributed by atoms with E-state index in [1.165, 1.54) is 6.07 Å². The molecule has 1 heterocycles. The molecule has 0 fully saturated rings. The van der Waals surface area contributed by atoms with Crippen LogP contribution in [0.25, 0.3) is 21.7 Å². The van der Waals surface area contributed by atoms with Crippen molar-refractivity contribution in [3.8, 4) is 21.7 Å². The van der Waals surface area contributed by atoms with Crippen molar-refractivity contribution in [2.24, 2.45) is 0 Å². The molecule has 4 aromatic rings. The van der Waals surface area contributed by atoms with Gasteiger partial charge in [-0.3, -0.25) is 4.79 Å². The molecule has 4 rings (SSSR count). The van der Waals surface area contributed by atoms with Gasteiger partial charge in [-0.05, 0) is 54.3 Å². The Balaban J connectivity index is 1.59. The number of nitrogens with zero attached hydrogens (tertiary/aromatic N) is 1. The summed E-state index contributed by atoms with van der Waals surface area (Å²) >= 11 is 1.61. The van der Waals surface area contributed by atoms with Gasteiger partial charge in [-0.25, -0.2) is 13.8 Å². The molecular weight excluding hydrogens is 400 g/mol. The van der Waals surface area contributed by atoms with Gasteiger partial charge in [0, 0.05) is 23.1 Å². The number of Topliss-reactive ketones (excluding diaryl/α,β-unsaturated/α-hetero) is 1. The van der Waals surface area contributed by atoms with E-state index in [-0.39, 0.29) is 6.42 Å². The first-order valence-electron chi connectivity index (χ1n) is 9.52. The molecule has 0 saturated carbocycles. The zero-order chi connectivity index (χ0) is 21.3. The number of thiazole rings is 1. The molecule has 0 saturated heterocycles. The third-order valence-corrected chi connectivity index (χ3v) is 5.98. The molecule has 5 heteroatoms. The fraction of sp³-hybridized carbons (Fsp3) is 0.120. The Labute approximate surface area is 177 Å². The summed E-state index contributed by atoms with van der Waals surface area (Å²) in [5, 5.41) is 3.00. The largest absolute Gasteiger partial charge is 0.294 e. The number of carbonyl (C=O) groups is 1. The zero-order valence-electron chi connectivity index (χ0n) is 16.6. The lowest BCUT2D eigenvalue weighted by Crippen LogP contribution is -2.09. The summed E-state index contributed by atoms with van der Waals surface area (Å²) in [7, 11) is 0. The molecule has 2 nitrogen and oxygen atoms in total. The number of aryl methyl sites for hydroxylation is 2. The summed E-state index contributed by atoms with van der Waals surface area (Å²) in [5.74, 6) is -2.24. The van der Waals surface area contributed by atoms with E-state index < -0.39 is 23.0 Å². The zero-order valence-corrected chi connectivity index (χ0v) is 17.4. The molecule has 0 aliphatic heterocycles. The number of benzene rings is 3. The van der Waals surface area contributed by atoms with Crippen molar-refractivity contribution in [1.82, 2.24) is 4.98 Å². The molecule has 150 valence electrons. The van der Waals surface area contributed by atoms with Crippen LogP contribution in [-0.2, 0) is 6.42 Å². The van der Waals surface area contributed by atoms with Crippen LogP contribution in [0.15, 0.2) is 66.0 Å². The van der Waals surface area contributed by atoms with Gasteiger partial charge in [-0.2, -0.15) is 0 Å². The molecule has 0 N–H and O–H groups in total. The number of aromatic nitrogens is 1. The first-order valence-corrected chi connectivity index (χ1v) is 10.4. The van der Waals surface area contributed by atoms with Crippen molar-refractivity contribution < 1.29 is 13.6 Å². The number of hydrogen-bond donors (Lipinski definition) is 0. The Morgan fingerprint density at radius 2 is 1.60 bits per heavy atom. The number of ketones is 1. The van der Waals surface area contributed by atoms with Crippen LogP contribution >= 0.6 is 11.3 Å². The Morgan fingerprint density at radius 1 is 0.933 bits per heavy atom. The molecule has 0 amide bonds. The highest BCUT2D eigenvalue weighted by molar-refractivity contribution is 7.13. The number of rotatable bonds is 5. The van der Waals surface area contributed by atoms with Crippen LogP contribution in [0.1, 0.15) is 27.2 Å². The van der Waals surface area contributed by atoms with E-state index in [0.717, 1.165) is 45.1 Å². The van der Waals surface area contributed by atoms with Crippen LogP contribution in [0.5, 0.6) is 0 Å². The fourth-order valence-electron chi connectivity index (χ4n) is 3.39. The van der Waals surface area contributed by atoms with E-state index in [1.54, 1.807) is 11.3 Å². The molecular formula is C25H19F2NOS. The molecule has 1 aromatic heterocycles. The van der Waals surface area contributed by atoms with Crippen LogP contribution in [0.2, 0.25) is 0 Å². The van der Waals surface area contributed by atoms with Crippen LogP contribution in [0, 0.1) is 25.5 Å². The van der Waals surface area contributed by atoms with Crippen LogP contribution < -0.4 is 0 Å². The average molecular weight is 419 g/mol. The van der Waals surface area contributed by atoms with E-state index in [9.17, 15) is 13.6 Å². The number of carbonyl (C=O) groups excluding carboxylic acids is 1. The van der Waals surface area contributed by atoms with E-state index in [2.05, 4.69) is 23.2 Å². The van der Waals surface area contributed by atoms with Crippen molar-refractivity contribution in [3.63, 3.8) is 0 Å². The molecule has 0 spiro atoms. The van der Waals surface area contributed by atoms with Crippen molar-refractivity contribution in [1.29, 1.82) is 0 Å². The first kappa shape index (κ1) is 20.1. The standard InChI is InChI=1S/C25H19F2NOS/c1-15-6-9-19(25-28-16(2)14-30-25)13-20(15)18-10-7-17(8-11-18)12-23(29)24-21(26)4-3-5-22(24)27/h3-11,13-14H,12H2,1-2H3. The van der Waals surface area contributed by atoms with Crippen molar-refractivity contribution in [3.05, 3.63) is 100 Å². The van der Waals surface area contributed by atoms with Crippen molar-refractivity contribution in [2.75, 3.05) is 0 Å². The first-order chi connectivity index (χ1) is 14.4. The lowest BCUT2D eigenvalue weighted by molar-refractivity contribution is 0.0985. The fourth-order valence-corrected chi connectivity index (χ4v) is 4.19. The van der Waals surface area contributed by atoms with E-state index in [4.69, 9.17) is 0 Å². The van der Waals surface area contributed by atoms with Crippen LogP contribution in [0.3, 0.4) is 0 Å². The molecule has 0 aliphatic rings. The monoisotopic (exact) mass is 419 g/mol. The van der Waals surface area contributed by atoms with Crippen molar-refractivity contribution >= 4 is 17.1 Å². The Morgan fingerprint density at radius 3 is 2.23 bits per heavy atom. The van der Waals surface area contributed by atoms with Crippen LogP contribution in [-0.4, -0.2) is 10.8 Å². The summed E-state index contributed by atoms with van der Waals surface area (Å²) in [6, 6.07) is 17.2. The lowest BCUT2D eigenvalue weighted by atomic mass is 9.96. The Hall–Kier alpha value is -3.18. The molecule has 0 radical (unpaired) electrons. The van der Waals surface area contributed by atoms with Gasteiger partial charge in [0.15, 0.2) is 5.78 Å². The van der Waals surface area contributed by atoms with Gasteiger partial charge < -0.3 is 0 Å². The van der Waals surface area contributed by atoms with Gasteiger partial charge >= 0.3 is 0 Å². The third-order valence-electron chi connectivity index (χ3n) is 4.97. The van der Waals surface area contributed by atoms with Gasteiger partial charge in [0.05, 0.1) is 5.56 Å². The maximum absolute atomic E-state index is 13.8. The molecule has 0 unspecified atom stereocenters. The Bertz CT molecular complexity index is 1210. The van der Waals surface area contributed by atoms with E-state index in [0.29, 0.717) is 5.56 Å². The third kappa shape index (κ3) is 4.07. The average Bonchev–Trinajstić information content (AvgIpc) is 3.15. The second kappa shape index (κ2) is 8.28. The lowest BCUT2D eigenvalue weighted by Gasteiger charge is -2.10. The van der Waals surface area contributed by atoms with Gasteiger partial charge in [0.1, 0.15) is 16.6 Å².